The molecule has 1 atom stereocenters. The second-order valence-electron chi connectivity index (χ2n) is 7.27. The van der Waals surface area contributed by atoms with Crippen LogP contribution < -0.4 is 15.4 Å². The van der Waals surface area contributed by atoms with Crippen molar-refractivity contribution in [1.82, 2.24) is 0 Å². The number of nitrogens with two attached hydrogens (primary N) is 1. The van der Waals surface area contributed by atoms with Crippen molar-refractivity contribution in [2.75, 3.05) is 17.3 Å². The van der Waals surface area contributed by atoms with Gasteiger partial charge < -0.3 is 10.1 Å². The van der Waals surface area contributed by atoms with Crippen molar-refractivity contribution in [2.24, 2.45) is 5.14 Å². The minimum absolute atomic E-state index is 0.121. The molecular formula is C23H19N3O6S. The monoisotopic (exact) mass is 465 g/mol. The van der Waals surface area contributed by atoms with E-state index in [0.717, 1.165) is 0 Å². The third-order valence-corrected chi connectivity index (χ3v) is 6.10. The number of sulfonamides is 1. The molecule has 9 nitrogen and oxygen atoms in total. The van der Waals surface area contributed by atoms with Crippen LogP contribution in [0.25, 0.3) is 0 Å². The number of hydrogen-bond donors (Lipinski definition) is 2. The van der Waals surface area contributed by atoms with Crippen LogP contribution in [0.4, 0.5) is 11.4 Å². The zero-order chi connectivity index (χ0) is 23.8. The van der Waals surface area contributed by atoms with Crippen molar-refractivity contribution in [3.63, 3.8) is 0 Å². The van der Waals surface area contributed by atoms with Crippen LogP contribution in [0, 0.1) is 0 Å². The van der Waals surface area contributed by atoms with Crippen LogP contribution in [-0.4, -0.2) is 33.3 Å². The van der Waals surface area contributed by atoms with Crippen LogP contribution in [0.5, 0.6) is 0 Å². The number of methoxy groups -OCH3 is 1. The molecule has 0 fully saturated rings. The molecule has 0 saturated heterocycles. The Morgan fingerprint density at radius 2 is 1.67 bits per heavy atom. The average Bonchev–Trinajstić information content (AvgIpc) is 2.81. The minimum atomic E-state index is -4.03. The number of carbonyl (C=O) groups excluding carboxylic acids is 3. The maximum absolute atomic E-state index is 13.7. The zero-order valence-electron chi connectivity index (χ0n) is 17.4. The molecule has 168 valence electrons. The molecule has 0 aromatic heterocycles. The number of ether oxygens (including phenoxy) is 1. The number of nitrogens with one attached hydrogen (secondary N) is 1. The first-order chi connectivity index (χ1) is 15.7. The van der Waals surface area contributed by atoms with Crippen LogP contribution in [0.2, 0.25) is 0 Å². The number of esters is 1. The third kappa shape index (κ3) is 4.21. The number of amides is 2. The summed E-state index contributed by atoms with van der Waals surface area (Å²) < 4.78 is 28.3. The average molecular weight is 465 g/mol. The highest BCUT2D eigenvalue weighted by Crippen LogP contribution is 2.40. The molecule has 0 bridgehead atoms. The second kappa shape index (κ2) is 8.49. The third-order valence-electron chi connectivity index (χ3n) is 5.19. The van der Waals surface area contributed by atoms with Gasteiger partial charge in [-0.1, -0.05) is 36.4 Å². The summed E-state index contributed by atoms with van der Waals surface area (Å²) in [7, 11) is -2.80. The molecule has 33 heavy (non-hydrogen) atoms. The number of benzene rings is 3. The van der Waals surface area contributed by atoms with Crippen molar-refractivity contribution in [3.8, 4) is 0 Å². The van der Waals surface area contributed by atoms with Gasteiger partial charge in [0.05, 0.1) is 28.9 Å². The molecule has 3 aromatic rings. The molecule has 1 aliphatic rings. The van der Waals surface area contributed by atoms with Gasteiger partial charge >= 0.3 is 5.97 Å². The van der Waals surface area contributed by atoms with Crippen LogP contribution in [-0.2, 0) is 19.6 Å². The Labute approximate surface area is 189 Å². The van der Waals surface area contributed by atoms with Gasteiger partial charge in [-0.25, -0.2) is 18.4 Å². The van der Waals surface area contributed by atoms with E-state index in [2.05, 4.69) is 5.32 Å². The molecule has 10 heteroatoms. The molecule has 1 aliphatic heterocycles. The van der Waals surface area contributed by atoms with E-state index in [1.807, 2.05) is 0 Å². The molecule has 4 rings (SSSR count). The maximum atomic E-state index is 13.7. The number of fused-ring (bicyclic) bond motifs is 1. The molecule has 1 unspecified atom stereocenters. The highest BCUT2D eigenvalue weighted by Gasteiger charge is 2.39. The molecule has 3 N–H and O–H groups in total. The molecule has 0 spiro atoms. The summed E-state index contributed by atoms with van der Waals surface area (Å²) >= 11 is 0. The highest BCUT2D eigenvalue weighted by molar-refractivity contribution is 7.89. The molecule has 3 aromatic carbocycles. The van der Waals surface area contributed by atoms with E-state index in [9.17, 15) is 22.8 Å². The molecule has 0 radical (unpaired) electrons. The molecular weight excluding hydrogens is 446 g/mol. The van der Waals surface area contributed by atoms with Gasteiger partial charge in [0, 0.05) is 5.56 Å². The Hall–Kier alpha value is -4.02. The molecule has 0 saturated carbocycles. The number of primary sulfonamides is 1. The van der Waals surface area contributed by atoms with Gasteiger partial charge in [-0.2, -0.15) is 0 Å². The minimum Gasteiger partial charge on any atom is -0.465 e. The van der Waals surface area contributed by atoms with Crippen molar-refractivity contribution < 1.29 is 27.5 Å². The Kier molecular flexibility index (Phi) is 5.71. The summed E-state index contributed by atoms with van der Waals surface area (Å²) in [5.41, 5.74) is 1.27. The van der Waals surface area contributed by atoms with Crippen LogP contribution in [0.1, 0.15) is 32.3 Å². The van der Waals surface area contributed by atoms with Gasteiger partial charge in [-0.05, 0) is 42.0 Å². The van der Waals surface area contributed by atoms with Crippen LogP contribution >= 0.6 is 0 Å². The fourth-order valence-corrected chi connectivity index (χ4v) is 4.20. The summed E-state index contributed by atoms with van der Waals surface area (Å²) in [5, 5.41) is 7.89. The predicted octanol–water partition coefficient (Wildman–Crippen LogP) is 2.46. The summed E-state index contributed by atoms with van der Waals surface area (Å²) in [4.78, 5) is 39.8. The van der Waals surface area contributed by atoms with Crippen LogP contribution in [0.3, 0.4) is 0 Å². The number of carbonyl (C=O) groups is 3. The van der Waals surface area contributed by atoms with Gasteiger partial charge in [0.15, 0.2) is 0 Å². The zero-order valence-corrected chi connectivity index (χ0v) is 18.2. The lowest BCUT2D eigenvalue weighted by Crippen LogP contribution is -2.45. The second-order valence-corrected chi connectivity index (χ2v) is 8.84. The Morgan fingerprint density at radius 3 is 2.33 bits per heavy atom. The number of rotatable bonds is 4. The van der Waals surface area contributed by atoms with Gasteiger partial charge in [-0.3, -0.25) is 14.5 Å². The highest BCUT2D eigenvalue weighted by atomic mass is 32.2. The Bertz CT molecular complexity index is 1370. The number of hydrogen-bond acceptors (Lipinski definition) is 6. The lowest BCUT2D eigenvalue weighted by Gasteiger charge is -2.37. The van der Waals surface area contributed by atoms with Crippen molar-refractivity contribution in [2.45, 2.75) is 10.9 Å². The SMILES string of the molecule is COC(=O)c1cccc(C(=O)N2c3ccc(S(N)(=O)=O)cc3NC(=O)C2c2ccccc2)c1. The Balaban J connectivity index is 1.89. The van der Waals surface area contributed by atoms with E-state index in [-0.39, 0.29) is 27.4 Å². The first kappa shape index (κ1) is 22.2. The van der Waals surface area contributed by atoms with Crippen LogP contribution in [0.15, 0.2) is 77.7 Å². The van der Waals surface area contributed by atoms with Gasteiger partial charge in [0.2, 0.25) is 10.0 Å². The fourth-order valence-electron chi connectivity index (χ4n) is 3.66. The molecule has 0 aliphatic carbocycles. The number of anilines is 2. The smallest absolute Gasteiger partial charge is 0.337 e. The van der Waals surface area contributed by atoms with E-state index in [4.69, 9.17) is 9.88 Å². The van der Waals surface area contributed by atoms with Gasteiger partial charge in [-0.15, -0.1) is 0 Å². The molecule has 1 heterocycles. The first-order valence-electron chi connectivity index (χ1n) is 9.75. The topological polar surface area (TPSA) is 136 Å². The van der Waals surface area contributed by atoms with Gasteiger partial charge in [0.25, 0.3) is 11.8 Å². The normalized spacial score (nSPS) is 15.4. The van der Waals surface area contributed by atoms with Crippen molar-refractivity contribution in [3.05, 3.63) is 89.5 Å². The lowest BCUT2D eigenvalue weighted by atomic mass is 9.98. The van der Waals surface area contributed by atoms with Gasteiger partial charge in [0.1, 0.15) is 6.04 Å². The first-order valence-corrected chi connectivity index (χ1v) is 11.3. The standard InChI is InChI=1S/C23H19N3O6S/c1-32-23(29)16-9-5-8-15(12-16)22(28)26-19-11-10-17(33(24,30)31)13-18(19)25-21(27)20(26)14-6-3-2-4-7-14/h2-13,20H,1H3,(H,25,27)(H2,24,30,31). The molecule has 2 amide bonds. The van der Waals surface area contributed by atoms with Crippen molar-refractivity contribution in [1.29, 1.82) is 0 Å². The summed E-state index contributed by atoms with van der Waals surface area (Å²) in [6.07, 6.45) is 0. The summed E-state index contributed by atoms with van der Waals surface area (Å²) in [6.45, 7) is 0. The van der Waals surface area contributed by atoms with Crippen molar-refractivity contribution >= 4 is 39.2 Å². The van der Waals surface area contributed by atoms with E-state index in [1.165, 1.54) is 54.5 Å². The fraction of sp³-hybridized carbons (Fsp3) is 0.0870. The predicted molar refractivity (Wildman–Crippen MR) is 120 cm³/mol. The van der Waals surface area contributed by atoms with E-state index < -0.39 is 33.8 Å². The largest absolute Gasteiger partial charge is 0.465 e. The summed E-state index contributed by atoms with van der Waals surface area (Å²) in [6, 6.07) is 17.4. The maximum Gasteiger partial charge on any atom is 0.337 e. The summed E-state index contributed by atoms with van der Waals surface area (Å²) in [5.74, 6) is -1.70. The van der Waals surface area contributed by atoms with E-state index >= 15 is 0 Å². The lowest BCUT2D eigenvalue weighted by molar-refractivity contribution is -0.117. The Morgan fingerprint density at radius 1 is 0.970 bits per heavy atom. The number of nitrogens with zero attached hydrogens (tertiary/aromatic N) is 1. The van der Waals surface area contributed by atoms with E-state index in [0.29, 0.717) is 5.56 Å². The van der Waals surface area contributed by atoms with E-state index in [1.54, 1.807) is 30.3 Å². The quantitative estimate of drug-likeness (QED) is 0.568.